The number of anilines is 1. The van der Waals surface area contributed by atoms with Gasteiger partial charge in [-0.3, -0.25) is 14.9 Å². The second kappa shape index (κ2) is 10.8. The highest BCUT2D eigenvalue weighted by Crippen LogP contribution is 2.37. The number of fused-ring (bicyclic) bond motifs is 1. The summed E-state index contributed by atoms with van der Waals surface area (Å²) in [5, 5.41) is 21.4. The van der Waals surface area contributed by atoms with Gasteiger partial charge in [0.05, 0.1) is 30.1 Å². The standard InChI is InChI=1S/C29H27ClN10OS/c30-21-3-1-19(2-4-21)24-15-42-27(36-24)37-28(41)38-11-6-22(7-12-38)39-16-29(17-39,8-9-31)40-14-20(13-35-40)25-23-5-10-32-26(23)34-18-33-25/h1-5,10,13-15,18,22H,6-8,11-12,16-17H2,(H,32,33,34)(H,36,37,41). The van der Waals surface area contributed by atoms with Crippen LogP contribution in [0.15, 0.2) is 60.6 Å². The fourth-order valence-electron chi connectivity index (χ4n) is 5.95. The van der Waals surface area contributed by atoms with Crippen molar-refractivity contribution in [1.82, 2.24) is 39.5 Å². The van der Waals surface area contributed by atoms with E-state index in [4.69, 9.17) is 11.6 Å². The molecule has 212 valence electrons. The number of carbonyl (C=O) groups is 1. The summed E-state index contributed by atoms with van der Waals surface area (Å²) in [6, 6.07) is 12.1. The van der Waals surface area contributed by atoms with E-state index in [2.05, 4.69) is 41.3 Å². The van der Waals surface area contributed by atoms with Gasteiger partial charge in [0.15, 0.2) is 5.13 Å². The number of nitrogens with zero attached hydrogens (tertiary/aromatic N) is 8. The molecule has 13 heteroatoms. The van der Waals surface area contributed by atoms with Crippen LogP contribution in [0, 0.1) is 11.3 Å². The molecule has 0 spiro atoms. The van der Waals surface area contributed by atoms with Gasteiger partial charge in [-0.2, -0.15) is 10.4 Å². The Morgan fingerprint density at radius 1 is 1.17 bits per heavy atom. The van der Waals surface area contributed by atoms with Gasteiger partial charge in [-0.1, -0.05) is 23.7 Å². The summed E-state index contributed by atoms with van der Waals surface area (Å²) in [7, 11) is 0. The number of H-pyrrole nitrogens is 1. The van der Waals surface area contributed by atoms with Crippen LogP contribution in [0.3, 0.4) is 0 Å². The van der Waals surface area contributed by atoms with Crippen LogP contribution in [0.4, 0.5) is 9.93 Å². The van der Waals surface area contributed by atoms with Gasteiger partial charge in [0, 0.05) is 71.5 Å². The first-order valence-electron chi connectivity index (χ1n) is 13.7. The van der Waals surface area contributed by atoms with Crippen LogP contribution in [0.1, 0.15) is 19.3 Å². The largest absolute Gasteiger partial charge is 0.346 e. The van der Waals surface area contributed by atoms with Crippen molar-refractivity contribution < 1.29 is 4.79 Å². The van der Waals surface area contributed by atoms with Gasteiger partial charge in [-0.25, -0.2) is 19.7 Å². The average Bonchev–Trinajstić information content (AvgIpc) is 3.77. The highest BCUT2D eigenvalue weighted by molar-refractivity contribution is 7.14. The smallest absolute Gasteiger partial charge is 0.323 e. The van der Waals surface area contributed by atoms with Gasteiger partial charge in [0.25, 0.3) is 0 Å². The molecule has 5 aromatic rings. The van der Waals surface area contributed by atoms with E-state index in [1.54, 1.807) is 6.33 Å². The van der Waals surface area contributed by atoms with E-state index in [1.165, 1.54) is 11.3 Å². The molecule has 2 aliphatic heterocycles. The molecule has 7 rings (SSSR count). The number of thiazole rings is 1. The van der Waals surface area contributed by atoms with Gasteiger partial charge in [-0.05, 0) is 31.0 Å². The maximum absolute atomic E-state index is 13.0. The Labute approximate surface area is 250 Å². The third-order valence-electron chi connectivity index (χ3n) is 8.23. The second-order valence-corrected chi connectivity index (χ2v) is 12.1. The molecule has 2 saturated heterocycles. The molecule has 0 radical (unpaired) electrons. The van der Waals surface area contributed by atoms with Crippen LogP contribution in [0.5, 0.6) is 0 Å². The predicted molar refractivity (Wildman–Crippen MR) is 161 cm³/mol. The third kappa shape index (κ3) is 4.89. The lowest BCUT2D eigenvalue weighted by Crippen LogP contribution is -2.66. The number of hydrogen-bond donors (Lipinski definition) is 2. The zero-order valence-corrected chi connectivity index (χ0v) is 24.1. The first-order valence-corrected chi connectivity index (χ1v) is 15.0. The molecule has 0 atom stereocenters. The number of urea groups is 1. The molecular formula is C29H27ClN10OS. The van der Waals surface area contributed by atoms with E-state index in [-0.39, 0.29) is 11.6 Å². The van der Waals surface area contributed by atoms with Crippen LogP contribution < -0.4 is 5.32 Å². The van der Waals surface area contributed by atoms with E-state index in [0.29, 0.717) is 35.7 Å². The van der Waals surface area contributed by atoms with Gasteiger partial charge in [0.1, 0.15) is 17.5 Å². The molecule has 2 N–H and O–H groups in total. The lowest BCUT2D eigenvalue weighted by molar-refractivity contribution is -0.0399. The minimum atomic E-state index is -0.377. The van der Waals surface area contributed by atoms with Crippen molar-refractivity contribution in [2.75, 3.05) is 31.5 Å². The number of aromatic nitrogens is 6. The number of rotatable bonds is 6. The molecule has 11 nitrogen and oxygen atoms in total. The summed E-state index contributed by atoms with van der Waals surface area (Å²) in [5.74, 6) is 0. The van der Waals surface area contributed by atoms with E-state index >= 15 is 0 Å². The van der Waals surface area contributed by atoms with E-state index in [0.717, 1.165) is 59.5 Å². The normalized spacial score (nSPS) is 17.2. The molecule has 0 bridgehead atoms. The topological polar surface area (TPSA) is 132 Å². The van der Waals surface area contributed by atoms with E-state index in [9.17, 15) is 10.1 Å². The summed E-state index contributed by atoms with van der Waals surface area (Å²) < 4.78 is 1.94. The van der Waals surface area contributed by atoms with Gasteiger partial charge < -0.3 is 9.88 Å². The lowest BCUT2D eigenvalue weighted by atomic mass is 9.84. The van der Waals surface area contributed by atoms with Crippen molar-refractivity contribution in [3.8, 4) is 28.6 Å². The first kappa shape index (κ1) is 26.6. The summed E-state index contributed by atoms with van der Waals surface area (Å²) in [4.78, 5) is 33.7. The van der Waals surface area contributed by atoms with Crippen LogP contribution in [-0.4, -0.2) is 77.8 Å². The van der Waals surface area contributed by atoms with Gasteiger partial charge in [-0.15, -0.1) is 11.3 Å². The number of piperidine rings is 1. The molecule has 6 heterocycles. The Morgan fingerprint density at radius 3 is 2.76 bits per heavy atom. The minimum absolute atomic E-state index is 0.127. The molecule has 0 aliphatic carbocycles. The number of benzene rings is 1. The molecule has 4 aromatic heterocycles. The number of nitrogens with one attached hydrogen (secondary N) is 2. The molecule has 42 heavy (non-hydrogen) atoms. The lowest BCUT2D eigenvalue weighted by Gasteiger charge is -2.53. The Bertz CT molecular complexity index is 1770. The third-order valence-corrected chi connectivity index (χ3v) is 9.23. The maximum atomic E-state index is 13.0. The molecule has 0 saturated carbocycles. The highest BCUT2D eigenvalue weighted by Gasteiger charge is 2.48. The maximum Gasteiger partial charge on any atom is 0.323 e. The van der Waals surface area contributed by atoms with Crippen molar-refractivity contribution in [1.29, 1.82) is 5.26 Å². The molecule has 2 fully saturated rings. The number of carbonyl (C=O) groups excluding carboxylic acids is 1. The number of hydrogen-bond acceptors (Lipinski definition) is 8. The molecular weight excluding hydrogens is 572 g/mol. The number of aromatic amines is 1. The number of amides is 2. The predicted octanol–water partition coefficient (Wildman–Crippen LogP) is 5.22. The SMILES string of the molecule is N#CCC1(n2cc(-c3ncnc4[nH]ccc34)cn2)CN(C2CCN(C(=O)Nc3nc(-c4ccc(Cl)cc4)cs3)CC2)C1. The van der Waals surface area contributed by atoms with Crippen molar-refractivity contribution in [2.24, 2.45) is 0 Å². The zero-order chi connectivity index (χ0) is 28.7. The number of likely N-dealkylation sites (tertiary alicyclic amines) is 2. The number of nitriles is 1. The molecule has 2 amide bonds. The zero-order valence-electron chi connectivity index (χ0n) is 22.6. The first-order chi connectivity index (χ1) is 20.5. The van der Waals surface area contributed by atoms with Crippen molar-refractivity contribution in [3.05, 3.63) is 65.7 Å². The Balaban J connectivity index is 0.956. The molecule has 2 aliphatic rings. The average molecular weight is 599 g/mol. The highest BCUT2D eigenvalue weighted by atomic mass is 35.5. The number of halogens is 1. The summed E-state index contributed by atoms with van der Waals surface area (Å²) in [6.07, 6.45) is 9.33. The monoisotopic (exact) mass is 598 g/mol. The van der Waals surface area contributed by atoms with Crippen LogP contribution in [0.25, 0.3) is 33.5 Å². The Kier molecular flexibility index (Phi) is 6.85. The van der Waals surface area contributed by atoms with E-state index in [1.807, 2.05) is 63.9 Å². The summed E-state index contributed by atoms with van der Waals surface area (Å²) in [6.45, 7) is 2.82. The van der Waals surface area contributed by atoms with Crippen LogP contribution in [0.2, 0.25) is 5.02 Å². The van der Waals surface area contributed by atoms with Crippen molar-refractivity contribution >= 4 is 45.1 Å². The summed E-state index contributed by atoms with van der Waals surface area (Å²) in [5.41, 5.74) is 3.89. The fraction of sp³-hybridized carbons (Fsp3) is 0.310. The van der Waals surface area contributed by atoms with Crippen LogP contribution >= 0.6 is 22.9 Å². The molecule has 1 aromatic carbocycles. The van der Waals surface area contributed by atoms with Gasteiger partial charge in [0.2, 0.25) is 0 Å². The van der Waals surface area contributed by atoms with Crippen molar-refractivity contribution in [2.45, 2.75) is 30.8 Å². The quantitative estimate of drug-likeness (QED) is 0.274. The van der Waals surface area contributed by atoms with Crippen LogP contribution in [-0.2, 0) is 5.54 Å². The fourth-order valence-corrected chi connectivity index (χ4v) is 6.78. The second-order valence-electron chi connectivity index (χ2n) is 10.8. The Morgan fingerprint density at radius 2 is 1.98 bits per heavy atom. The van der Waals surface area contributed by atoms with E-state index < -0.39 is 0 Å². The van der Waals surface area contributed by atoms with Crippen molar-refractivity contribution in [3.63, 3.8) is 0 Å². The Hall–Kier alpha value is -4.31. The minimum Gasteiger partial charge on any atom is -0.346 e. The molecule has 0 unspecified atom stereocenters. The van der Waals surface area contributed by atoms with Gasteiger partial charge >= 0.3 is 6.03 Å². The summed E-state index contributed by atoms with van der Waals surface area (Å²) >= 11 is 7.40.